The molecule has 1 aromatic carbocycles. The van der Waals surface area contributed by atoms with Gasteiger partial charge in [0.2, 0.25) is 5.91 Å². The van der Waals surface area contributed by atoms with Crippen molar-refractivity contribution in [2.45, 2.75) is 13.8 Å². The molecule has 0 aliphatic heterocycles. The highest BCUT2D eigenvalue weighted by atomic mass is 35.5. The molecule has 1 atom stereocenters. The third-order valence-electron chi connectivity index (χ3n) is 2.96. The molecule has 0 spiro atoms. The molecule has 1 aromatic rings. The van der Waals surface area contributed by atoms with Crippen LogP contribution in [0.1, 0.15) is 18.1 Å². The van der Waals surface area contributed by atoms with Crippen molar-refractivity contribution in [3.05, 3.63) is 40.4 Å². The van der Waals surface area contributed by atoms with Gasteiger partial charge < -0.3 is 10.0 Å². The second-order valence-electron chi connectivity index (χ2n) is 4.80. The number of hydrogen-bond acceptors (Lipinski definition) is 2. The minimum Gasteiger partial charge on any atom is -0.481 e. The Bertz CT molecular complexity index is 540. The summed E-state index contributed by atoms with van der Waals surface area (Å²) in [5, 5.41) is 9.45. The van der Waals surface area contributed by atoms with E-state index in [1.807, 2.05) is 19.1 Å². The van der Waals surface area contributed by atoms with Crippen LogP contribution in [0.5, 0.6) is 0 Å². The molecule has 0 aliphatic rings. The van der Waals surface area contributed by atoms with E-state index in [-0.39, 0.29) is 12.5 Å². The summed E-state index contributed by atoms with van der Waals surface area (Å²) in [6.45, 7) is 3.64. The summed E-state index contributed by atoms with van der Waals surface area (Å²) in [7, 11) is 1.58. The van der Waals surface area contributed by atoms with E-state index in [9.17, 15) is 9.59 Å². The maximum atomic E-state index is 11.8. The zero-order valence-electron chi connectivity index (χ0n) is 11.8. The lowest BCUT2D eigenvalue weighted by Crippen LogP contribution is -2.32. The number of nitrogens with zero attached hydrogens (tertiary/aromatic N) is 1. The molecule has 1 unspecified atom stereocenters. The summed E-state index contributed by atoms with van der Waals surface area (Å²) in [4.78, 5) is 24.0. The van der Waals surface area contributed by atoms with Gasteiger partial charge in [0.05, 0.1) is 5.92 Å². The van der Waals surface area contributed by atoms with E-state index in [1.165, 1.54) is 11.0 Å². The molecule has 0 aliphatic carbocycles. The van der Waals surface area contributed by atoms with Crippen LogP contribution in [0.4, 0.5) is 0 Å². The Kier molecular flexibility index (Phi) is 5.77. The normalized spacial score (nSPS) is 12.4. The van der Waals surface area contributed by atoms with Crippen molar-refractivity contribution < 1.29 is 14.7 Å². The Morgan fingerprint density at radius 1 is 1.45 bits per heavy atom. The summed E-state index contributed by atoms with van der Waals surface area (Å²) in [6, 6.07) is 5.52. The highest BCUT2D eigenvalue weighted by molar-refractivity contribution is 6.31. The van der Waals surface area contributed by atoms with E-state index in [0.717, 1.165) is 11.1 Å². The summed E-state index contributed by atoms with van der Waals surface area (Å²) >= 11 is 6.00. The fourth-order valence-corrected chi connectivity index (χ4v) is 1.78. The number of carbonyl (C=O) groups excluding carboxylic acids is 1. The predicted octanol–water partition coefficient (Wildman–Crippen LogP) is 2.84. The number of amides is 1. The average Bonchev–Trinajstić information content (AvgIpc) is 2.39. The maximum Gasteiger partial charge on any atom is 0.308 e. The van der Waals surface area contributed by atoms with Gasteiger partial charge in [-0.15, -0.1) is 0 Å². The molecule has 4 nitrogen and oxygen atoms in total. The maximum absolute atomic E-state index is 11.8. The molecule has 0 fully saturated rings. The minimum absolute atomic E-state index is 0.174. The van der Waals surface area contributed by atoms with Crippen molar-refractivity contribution >= 4 is 29.6 Å². The van der Waals surface area contributed by atoms with Crippen molar-refractivity contribution in [3.8, 4) is 0 Å². The second kappa shape index (κ2) is 7.10. The van der Waals surface area contributed by atoms with Crippen LogP contribution in [0, 0.1) is 12.8 Å². The smallest absolute Gasteiger partial charge is 0.308 e. The van der Waals surface area contributed by atoms with Crippen LogP contribution in [-0.2, 0) is 9.59 Å². The first-order valence-electron chi connectivity index (χ1n) is 6.23. The summed E-state index contributed by atoms with van der Waals surface area (Å²) in [5.74, 6) is -1.75. The van der Waals surface area contributed by atoms with Crippen LogP contribution in [0.25, 0.3) is 6.08 Å². The lowest BCUT2D eigenvalue weighted by Gasteiger charge is -2.17. The summed E-state index contributed by atoms with van der Waals surface area (Å²) < 4.78 is 0. The quantitative estimate of drug-likeness (QED) is 0.850. The molecule has 0 bridgehead atoms. The van der Waals surface area contributed by atoms with Gasteiger partial charge in [-0.05, 0) is 30.2 Å². The third-order valence-corrected chi connectivity index (χ3v) is 3.37. The average molecular weight is 296 g/mol. The number of aliphatic carboxylic acids is 1. The Labute approximate surface area is 123 Å². The molecule has 1 rings (SSSR count). The van der Waals surface area contributed by atoms with Gasteiger partial charge in [-0.1, -0.05) is 30.7 Å². The Morgan fingerprint density at radius 3 is 2.65 bits per heavy atom. The first-order valence-corrected chi connectivity index (χ1v) is 6.61. The summed E-state index contributed by atoms with van der Waals surface area (Å²) in [5.41, 5.74) is 1.80. The molecule has 108 valence electrons. The van der Waals surface area contributed by atoms with Gasteiger partial charge in [0.25, 0.3) is 0 Å². The second-order valence-corrected chi connectivity index (χ2v) is 5.21. The largest absolute Gasteiger partial charge is 0.481 e. The van der Waals surface area contributed by atoms with E-state index in [0.29, 0.717) is 5.02 Å². The van der Waals surface area contributed by atoms with Crippen LogP contribution >= 0.6 is 11.6 Å². The van der Waals surface area contributed by atoms with Crippen LogP contribution in [0.3, 0.4) is 0 Å². The molecular formula is C15H18ClNO3. The first-order chi connectivity index (χ1) is 9.31. The van der Waals surface area contributed by atoms with Gasteiger partial charge in [0, 0.05) is 24.7 Å². The van der Waals surface area contributed by atoms with Gasteiger partial charge >= 0.3 is 5.97 Å². The molecule has 0 saturated heterocycles. The molecule has 20 heavy (non-hydrogen) atoms. The fraction of sp³-hybridized carbons (Fsp3) is 0.333. The number of rotatable bonds is 5. The van der Waals surface area contributed by atoms with E-state index in [1.54, 1.807) is 26.1 Å². The SMILES string of the molecule is Cc1ccc(C=CC(=O)N(C)CC(C)C(=O)O)cc1Cl. The van der Waals surface area contributed by atoms with Crippen molar-refractivity contribution in [2.24, 2.45) is 5.92 Å². The molecular weight excluding hydrogens is 278 g/mol. The standard InChI is InChI=1S/C15H18ClNO3/c1-10-4-5-12(8-13(10)16)6-7-14(18)17(3)9-11(2)15(19)20/h4-8,11H,9H2,1-3H3,(H,19,20). The first kappa shape index (κ1) is 16.2. The monoisotopic (exact) mass is 295 g/mol. The number of carboxylic acid groups (broad SMARTS) is 1. The van der Waals surface area contributed by atoms with E-state index >= 15 is 0 Å². The highest BCUT2D eigenvalue weighted by Crippen LogP contribution is 2.17. The highest BCUT2D eigenvalue weighted by Gasteiger charge is 2.15. The lowest BCUT2D eigenvalue weighted by atomic mass is 10.1. The van der Waals surface area contributed by atoms with Gasteiger partial charge in [-0.2, -0.15) is 0 Å². The number of aryl methyl sites for hydroxylation is 1. The number of halogens is 1. The minimum atomic E-state index is -0.918. The number of likely N-dealkylation sites (N-methyl/N-ethyl adjacent to an activating group) is 1. The molecule has 0 aromatic heterocycles. The fourth-order valence-electron chi connectivity index (χ4n) is 1.59. The van der Waals surface area contributed by atoms with Crippen LogP contribution in [-0.4, -0.2) is 35.5 Å². The van der Waals surface area contributed by atoms with Gasteiger partial charge in [-0.3, -0.25) is 9.59 Å². The molecule has 0 saturated carbocycles. The van der Waals surface area contributed by atoms with Crippen LogP contribution in [0.2, 0.25) is 5.02 Å². The zero-order chi connectivity index (χ0) is 15.3. The number of benzene rings is 1. The Balaban J connectivity index is 2.67. The van der Waals surface area contributed by atoms with E-state index < -0.39 is 11.9 Å². The van der Waals surface area contributed by atoms with Gasteiger partial charge in [-0.25, -0.2) is 0 Å². The van der Waals surface area contributed by atoms with E-state index in [4.69, 9.17) is 16.7 Å². The molecule has 1 amide bonds. The van der Waals surface area contributed by atoms with Crippen molar-refractivity contribution in [3.63, 3.8) is 0 Å². The lowest BCUT2D eigenvalue weighted by molar-refractivity contribution is -0.142. The van der Waals surface area contributed by atoms with Crippen molar-refractivity contribution in [1.82, 2.24) is 4.90 Å². The van der Waals surface area contributed by atoms with Gasteiger partial charge in [0.1, 0.15) is 0 Å². The molecule has 0 heterocycles. The third kappa shape index (κ3) is 4.70. The van der Waals surface area contributed by atoms with Crippen LogP contribution in [0.15, 0.2) is 24.3 Å². The molecule has 5 heteroatoms. The zero-order valence-corrected chi connectivity index (χ0v) is 12.5. The Hall–Kier alpha value is -1.81. The van der Waals surface area contributed by atoms with Crippen LogP contribution < -0.4 is 0 Å². The predicted molar refractivity (Wildman–Crippen MR) is 79.7 cm³/mol. The molecule has 0 radical (unpaired) electrons. The van der Waals surface area contributed by atoms with E-state index in [2.05, 4.69) is 0 Å². The topological polar surface area (TPSA) is 57.6 Å². The van der Waals surface area contributed by atoms with Crippen molar-refractivity contribution in [1.29, 1.82) is 0 Å². The van der Waals surface area contributed by atoms with Gasteiger partial charge in [0.15, 0.2) is 0 Å². The number of carboxylic acids is 1. The number of hydrogen-bond donors (Lipinski definition) is 1. The molecule has 1 N–H and O–H groups in total. The number of carbonyl (C=O) groups is 2. The van der Waals surface area contributed by atoms with Crippen molar-refractivity contribution in [2.75, 3.05) is 13.6 Å². The Morgan fingerprint density at radius 2 is 2.10 bits per heavy atom. The summed E-state index contributed by atoms with van der Waals surface area (Å²) in [6.07, 6.45) is 3.07.